The Morgan fingerprint density at radius 3 is 2.50 bits per heavy atom. The molecule has 0 aliphatic heterocycles. The Kier molecular flexibility index (Phi) is 6.52. The molecule has 0 aromatic carbocycles. The maximum Gasteiger partial charge on any atom is 0.106 e. The minimum atomic E-state index is -0.368. The molecule has 0 rings (SSSR count). The van der Waals surface area contributed by atoms with Gasteiger partial charge in [0.1, 0.15) is 5.54 Å². The molecule has 0 aromatic rings. The number of methoxy groups -OCH3 is 1. The van der Waals surface area contributed by atoms with Crippen molar-refractivity contribution >= 4 is 0 Å². The second-order valence-electron chi connectivity index (χ2n) is 3.94. The van der Waals surface area contributed by atoms with Crippen molar-refractivity contribution < 1.29 is 4.74 Å². The van der Waals surface area contributed by atoms with Gasteiger partial charge in [0.2, 0.25) is 0 Å². The Bertz CT molecular complexity index is 186. The summed E-state index contributed by atoms with van der Waals surface area (Å²) in [7, 11) is 1.69. The number of nitriles is 1. The van der Waals surface area contributed by atoms with Gasteiger partial charge < -0.3 is 4.74 Å². The third kappa shape index (κ3) is 4.59. The Morgan fingerprint density at radius 1 is 1.50 bits per heavy atom. The van der Waals surface area contributed by atoms with Crippen molar-refractivity contribution in [2.45, 2.75) is 51.6 Å². The normalized spacial score (nSPS) is 15.1. The van der Waals surface area contributed by atoms with Gasteiger partial charge in [-0.05, 0) is 33.1 Å². The molecule has 0 heterocycles. The fourth-order valence-electron chi connectivity index (χ4n) is 1.59. The molecule has 0 aliphatic rings. The van der Waals surface area contributed by atoms with Crippen LogP contribution >= 0.6 is 0 Å². The quantitative estimate of drug-likeness (QED) is 0.637. The van der Waals surface area contributed by atoms with Crippen LogP contribution in [-0.4, -0.2) is 25.3 Å². The van der Waals surface area contributed by atoms with Gasteiger partial charge in [-0.1, -0.05) is 6.92 Å². The maximum atomic E-state index is 9.17. The first-order valence-corrected chi connectivity index (χ1v) is 5.28. The standard InChI is InChI=1S/C11H22N2O/c1-5-11(9-12,13-10(2)3)7-6-8-14-4/h10,13H,5-8H2,1-4H3. The molecule has 3 nitrogen and oxygen atoms in total. The van der Waals surface area contributed by atoms with Crippen LogP contribution in [0.15, 0.2) is 0 Å². The zero-order chi connectivity index (χ0) is 11.0. The highest BCUT2D eigenvalue weighted by molar-refractivity contribution is 5.06. The third-order valence-electron chi connectivity index (χ3n) is 2.33. The summed E-state index contributed by atoms with van der Waals surface area (Å²) in [5.74, 6) is 0. The zero-order valence-corrected chi connectivity index (χ0v) is 9.76. The number of hydrogen-bond acceptors (Lipinski definition) is 3. The van der Waals surface area contributed by atoms with Gasteiger partial charge >= 0.3 is 0 Å². The lowest BCUT2D eigenvalue weighted by Gasteiger charge is -2.28. The SMILES string of the molecule is CCC(C#N)(CCCOC)NC(C)C. The maximum absolute atomic E-state index is 9.17. The molecule has 1 atom stereocenters. The first-order valence-electron chi connectivity index (χ1n) is 5.28. The van der Waals surface area contributed by atoms with E-state index in [1.807, 2.05) is 6.92 Å². The molecule has 3 heteroatoms. The molecule has 0 amide bonds. The predicted octanol–water partition coefficient (Wildman–Crippen LogP) is 2.08. The van der Waals surface area contributed by atoms with Crippen LogP contribution in [0.2, 0.25) is 0 Å². The average molecular weight is 198 g/mol. The lowest BCUT2D eigenvalue weighted by molar-refractivity contribution is 0.181. The van der Waals surface area contributed by atoms with Crippen molar-refractivity contribution in [3.63, 3.8) is 0 Å². The average Bonchev–Trinajstić information content (AvgIpc) is 2.16. The summed E-state index contributed by atoms with van der Waals surface area (Å²) in [4.78, 5) is 0. The smallest absolute Gasteiger partial charge is 0.106 e. The molecule has 0 radical (unpaired) electrons. The summed E-state index contributed by atoms with van der Waals surface area (Å²) in [6.07, 6.45) is 2.62. The van der Waals surface area contributed by atoms with Gasteiger partial charge in [-0.2, -0.15) is 5.26 Å². The van der Waals surface area contributed by atoms with Gasteiger partial charge in [0, 0.05) is 19.8 Å². The van der Waals surface area contributed by atoms with Gasteiger partial charge in [-0.25, -0.2) is 0 Å². The lowest BCUT2D eigenvalue weighted by atomic mass is 9.91. The van der Waals surface area contributed by atoms with E-state index in [0.717, 1.165) is 25.9 Å². The van der Waals surface area contributed by atoms with Crippen LogP contribution < -0.4 is 5.32 Å². The molecule has 82 valence electrons. The first-order chi connectivity index (χ1) is 6.60. The monoisotopic (exact) mass is 198 g/mol. The molecule has 0 saturated heterocycles. The highest BCUT2D eigenvalue weighted by atomic mass is 16.5. The van der Waals surface area contributed by atoms with E-state index in [1.165, 1.54) is 0 Å². The van der Waals surface area contributed by atoms with Crippen LogP contribution in [-0.2, 0) is 4.74 Å². The highest BCUT2D eigenvalue weighted by Crippen LogP contribution is 2.17. The van der Waals surface area contributed by atoms with Gasteiger partial charge in [-0.3, -0.25) is 5.32 Å². The molecule has 0 bridgehead atoms. The summed E-state index contributed by atoms with van der Waals surface area (Å²) >= 11 is 0. The summed E-state index contributed by atoms with van der Waals surface area (Å²) in [6.45, 7) is 6.91. The van der Waals surface area contributed by atoms with Gasteiger partial charge in [0.15, 0.2) is 0 Å². The Hall–Kier alpha value is -0.590. The number of hydrogen-bond donors (Lipinski definition) is 1. The van der Waals surface area contributed by atoms with Crippen LogP contribution in [0.1, 0.15) is 40.0 Å². The van der Waals surface area contributed by atoms with E-state index in [2.05, 4.69) is 25.2 Å². The molecule has 0 spiro atoms. The molecule has 1 unspecified atom stereocenters. The Labute approximate surface area is 87.4 Å². The minimum Gasteiger partial charge on any atom is -0.385 e. The van der Waals surface area contributed by atoms with Crippen LogP contribution in [0.25, 0.3) is 0 Å². The molecule has 0 fully saturated rings. The fraction of sp³-hybridized carbons (Fsp3) is 0.909. The van der Waals surface area contributed by atoms with Crippen molar-refractivity contribution in [3.8, 4) is 6.07 Å². The van der Waals surface area contributed by atoms with E-state index >= 15 is 0 Å². The third-order valence-corrected chi connectivity index (χ3v) is 2.33. The summed E-state index contributed by atoms with van der Waals surface area (Å²) in [6, 6.07) is 2.73. The largest absolute Gasteiger partial charge is 0.385 e. The van der Waals surface area contributed by atoms with Gasteiger partial charge in [-0.15, -0.1) is 0 Å². The Balaban J connectivity index is 4.17. The zero-order valence-electron chi connectivity index (χ0n) is 9.76. The van der Waals surface area contributed by atoms with E-state index in [9.17, 15) is 5.26 Å². The second-order valence-corrected chi connectivity index (χ2v) is 3.94. The molecule has 1 N–H and O–H groups in total. The van der Waals surface area contributed by atoms with Crippen LogP contribution in [0, 0.1) is 11.3 Å². The van der Waals surface area contributed by atoms with E-state index in [-0.39, 0.29) is 5.54 Å². The van der Waals surface area contributed by atoms with Crippen molar-refractivity contribution in [2.75, 3.05) is 13.7 Å². The van der Waals surface area contributed by atoms with E-state index in [1.54, 1.807) is 7.11 Å². The van der Waals surface area contributed by atoms with Gasteiger partial charge in [0.05, 0.1) is 6.07 Å². The molecule has 0 aliphatic carbocycles. The van der Waals surface area contributed by atoms with E-state index in [4.69, 9.17) is 4.74 Å². The Morgan fingerprint density at radius 2 is 2.14 bits per heavy atom. The van der Waals surface area contributed by atoms with Crippen molar-refractivity contribution in [1.82, 2.24) is 5.32 Å². The number of ether oxygens (including phenoxy) is 1. The number of nitrogens with zero attached hydrogens (tertiary/aromatic N) is 1. The second kappa shape index (κ2) is 6.80. The van der Waals surface area contributed by atoms with Crippen LogP contribution in [0.5, 0.6) is 0 Å². The van der Waals surface area contributed by atoms with Crippen molar-refractivity contribution in [1.29, 1.82) is 5.26 Å². The minimum absolute atomic E-state index is 0.345. The first kappa shape index (κ1) is 13.4. The fourth-order valence-corrected chi connectivity index (χ4v) is 1.59. The van der Waals surface area contributed by atoms with Crippen LogP contribution in [0.4, 0.5) is 0 Å². The number of nitrogens with one attached hydrogen (secondary N) is 1. The lowest BCUT2D eigenvalue weighted by Crippen LogP contribution is -2.47. The highest BCUT2D eigenvalue weighted by Gasteiger charge is 2.27. The topological polar surface area (TPSA) is 45.0 Å². The van der Waals surface area contributed by atoms with Crippen molar-refractivity contribution in [3.05, 3.63) is 0 Å². The van der Waals surface area contributed by atoms with E-state index in [0.29, 0.717) is 6.04 Å². The molecular weight excluding hydrogens is 176 g/mol. The summed E-state index contributed by atoms with van der Waals surface area (Å²) < 4.78 is 4.99. The molecule has 14 heavy (non-hydrogen) atoms. The molecule has 0 saturated carbocycles. The van der Waals surface area contributed by atoms with E-state index < -0.39 is 0 Å². The van der Waals surface area contributed by atoms with Gasteiger partial charge in [0.25, 0.3) is 0 Å². The molecular formula is C11H22N2O. The van der Waals surface area contributed by atoms with Crippen LogP contribution in [0.3, 0.4) is 0 Å². The molecule has 0 aromatic heterocycles. The number of rotatable bonds is 7. The van der Waals surface area contributed by atoms with Crippen molar-refractivity contribution in [2.24, 2.45) is 0 Å². The predicted molar refractivity (Wildman–Crippen MR) is 58.0 cm³/mol. The summed E-state index contributed by atoms with van der Waals surface area (Å²) in [5, 5.41) is 12.5. The summed E-state index contributed by atoms with van der Waals surface area (Å²) in [5.41, 5.74) is -0.368.